The van der Waals surface area contributed by atoms with Gasteiger partial charge in [0.25, 0.3) is 0 Å². The second-order valence-corrected chi connectivity index (χ2v) is 5.34. The highest BCUT2D eigenvalue weighted by atomic mass is 35.5. The Hall–Kier alpha value is -1.72. The molecule has 0 saturated heterocycles. The third kappa shape index (κ3) is 3.87. The Bertz CT molecular complexity index is 639. The standard InChI is InChI=1S/C13H8ClF2NOS/c14-12-5-2-9(19-12)3-6-13(18)17-11-4-1-8(15)7-10(11)16/h1-7H,(H,17,18)/b6-3+. The fourth-order valence-electron chi connectivity index (χ4n) is 1.34. The molecule has 2 nitrogen and oxygen atoms in total. The molecule has 0 saturated carbocycles. The van der Waals surface area contributed by atoms with E-state index in [0.717, 1.165) is 10.9 Å². The molecule has 0 radical (unpaired) electrons. The average Bonchev–Trinajstić information content (AvgIpc) is 2.76. The number of halogens is 3. The van der Waals surface area contributed by atoms with Crippen molar-refractivity contribution in [3.63, 3.8) is 0 Å². The number of benzene rings is 1. The Labute approximate surface area is 117 Å². The molecule has 19 heavy (non-hydrogen) atoms. The summed E-state index contributed by atoms with van der Waals surface area (Å²) in [6.07, 6.45) is 2.82. The molecule has 6 heteroatoms. The predicted molar refractivity (Wildman–Crippen MR) is 73.4 cm³/mol. The Morgan fingerprint density at radius 2 is 2.05 bits per heavy atom. The summed E-state index contributed by atoms with van der Waals surface area (Å²) < 4.78 is 26.6. The van der Waals surface area contributed by atoms with E-state index >= 15 is 0 Å². The van der Waals surface area contributed by atoms with E-state index in [1.54, 1.807) is 18.2 Å². The number of hydrogen-bond donors (Lipinski definition) is 1. The molecule has 0 fully saturated rings. The van der Waals surface area contributed by atoms with Gasteiger partial charge in [0, 0.05) is 17.0 Å². The van der Waals surface area contributed by atoms with E-state index < -0.39 is 17.5 Å². The van der Waals surface area contributed by atoms with Crippen LogP contribution in [0.3, 0.4) is 0 Å². The number of anilines is 1. The first kappa shape index (κ1) is 13.7. The van der Waals surface area contributed by atoms with Crippen LogP contribution in [-0.2, 0) is 4.79 Å². The first-order valence-electron chi connectivity index (χ1n) is 5.24. The molecule has 2 aromatic rings. The van der Waals surface area contributed by atoms with Gasteiger partial charge in [0.1, 0.15) is 11.6 Å². The lowest BCUT2D eigenvalue weighted by molar-refractivity contribution is -0.111. The van der Waals surface area contributed by atoms with Crippen LogP contribution >= 0.6 is 22.9 Å². The van der Waals surface area contributed by atoms with Crippen molar-refractivity contribution in [1.29, 1.82) is 0 Å². The summed E-state index contributed by atoms with van der Waals surface area (Å²) in [7, 11) is 0. The molecule has 0 spiro atoms. The Morgan fingerprint density at radius 1 is 1.26 bits per heavy atom. The molecule has 1 aromatic carbocycles. The van der Waals surface area contributed by atoms with Gasteiger partial charge in [0.05, 0.1) is 10.0 Å². The molecule has 98 valence electrons. The molecule has 0 aliphatic heterocycles. The van der Waals surface area contributed by atoms with E-state index in [1.165, 1.54) is 23.5 Å². The van der Waals surface area contributed by atoms with Gasteiger partial charge in [-0.15, -0.1) is 11.3 Å². The van der Waals surface area contributed by atoms with E-state index in [-0.39, 0.29) is 5.69 Å². The average molecular weight is 300 g/mol. The summed E-state index contributed by atoms with van der Waals surface area (Å²) in [5.74, 6) is -2.02. The maximum Gasteiger partial charge on any atom is 0.248 e. The highest BCUT2D eigenvalue weighted by Crippen LogP contribution is 2.22. The molecular weight excluding hydrogens is 292 g/mol. The van der Waals surface area contributed by atoms with Crippen molar-refractivity contribution in [2.75, 3.05) is 5.32 Å². The molecule has 0 bridgehead atoms. The van der Waals surface area contributed by atoms with Crippen LogP contribution in [0.1, 0.15) is 4.88 Å². The number of nitrogens with one attached hydrogen (secondary N) is 1. The molecule has 1 aromatic heterocycles. The van der Waals surface area contributed by atoms with Crippen molar-refractivity contribution >= 4 is 40.6 Å². The van der Waals surface area contributed by atoms with Crippen LogP contribution in [0.4, 0.5) is 14.5 Å². The van der Waals surface area contributed by atoms with Gasteiger partial charge in [-0.2, -0.15) is 0 Å². The topological polar surface area (TPSA) is 29.1 Å². The number of hydrogen-bond acceptors (Lipinski definition) is 2. The fraction of sp³-hybridized carbons (Fsp3) is 0. The zero-order valence-corrected chi connectivity index (χ0v) is 11.1. The minimum Gasteiger partial charge on any atom is -0.320 e. The van der Waals surface area contributed by atoms with Crippen LogP contribution in [-0.4, -0.2) is 5.91 Å². The zero-order valence-electron chi connectivity index (χ0n) is 9.49. The Kier molecular flexibility index (Phi) is 4.29. The highest BCUT2D eigenvalue weighted by molar-refractivity contribution is 7.17. The van der Waals surface area contributed by atoms with Crippen LogP contribution in [0.15, 0.2) is 36.4 Å². The quantitative estimate of drug-likeness (QED) is 0.840. The molecule has 2 rings (SSSR count). The van der Waals surface area contributed by atoms with Crippen molar-refractivity contribution in [2.24, 2.45) is 0 Å². The summed E-state index contributed by atoms with van der Waals surface area (Å²) in [5.41, 5.74) is -0.0692. The molecule has 0 aliphatic carbocycles. The van der Waals surface area contributed by atoms with Gasteiger partial charge in [-0.25, -0.2) is 8.78 Å². The summed E-state index contributed by atoms with van der Waals surface area (Å²) in [5, 5.41) is 2.32. The van der Waals surface area contributed by atoms with Gasteiger partial charge in [0.15, 0.2) is 0 Å². The van der Waals surface area contributed by atoms with Gasteiger partial charge in [-0.1, -0.05) is 11.6 Å². The van der Waals surface area contributed by atoms with Gasteiger partial charge in [-0.3, -0.25) is 4.79 Å². The number of rotatable bonds is 3. The van der Waals surface area contributed by atoms with Crippen molar-refractivity contribution in [3.05, 3.63) is 57.3 Å². The monoisotopic (exact) mass is 299 g/mol. The van der Waals surface area contributed by atoms with Crippen LogP contribution in [0, 0.1) is 11.6 Å². The predicted octanol–water partition coefficient (Wildman–Crippen LogP) is 4.33. The van der Waals surface area contributed by atoms with E-state index in [9.17, 15) is 13.6 Å². The minimum atomic E-state index is -0.819. The Morgan fingerprint density at radius 3 is 2.68 bits per heavy atom. The van der Waals surface area contributed by atoms with Gasteiger partial charge in [0.2, 0.25) is 5.91 Å². The fourth-order valence-corrected chi connectivity index (χ4v) is 2.30. The molecular formula is C13H8ClF2NOS. The van der Waals surface area contributed by atoms with Crippen LogP contribution in [0.5, 0.6) is 0 Å². The second kappa shape index (κ2) is 5.95. The SMILES string of the molecule is O=C(/C=C/c1ccc(Cl)s1)Nc1ccc(F)cc1F. The summed E-state index contributed by atoms with van der Waals surface area (Å²) in [6.45, 7) is 0. The molecule has 1 N–H and O–H groups in total. The number of thiophene rings is 1. The molecule has 1 amide bonds. The molecule has 0 atom stereocenters. The van der Waals surface area contributed by atoms with E-state index in [2.05, 4.69) is 5.32 Å². The summed E-state index contributed by atoms with van der Waals surface area (Å²) >= 11 is 7.06. The first-order valence-corrected chi connectivity index (χ1v) is 6.43. The van der Waals surface area contributed by atoms with E-state index in [4.69, 9.17) is 11.6 Å². The molecule has 0 unspecified atom stereocenters. The number of amides is 1. The van der Waals surface area contributed by atoms with Crippen LogP contribution in [0.25, 0.3) is 6.08 Å². The molecule has 1 heterocycles. The number of carbonyl (C=O) groups excluding carboxylic acids is 1. The van der Waals surface area contributed by atoms with Gasteiger partial charge in [-0.05, 0) is 30.3 Å². The summed E-state index contributed by atoms with van der Waals surface area (Å²) in [4.78, 5) is 12.3. The largest absolute Gasteiger partial charge is 0.320 e. The smallest absolute Gasteiger partial charge is 0.248 e. The third-order valence-electron chi connectivity index (χ3n) is 2.18. The van der Waals surface area contributed by atoms with Crippen LogP contribution in [0.2, 0.25) is 4.34 Å². The van der Waals surface area contributed by atoms with Crippen molar-refractivity contribution in [1.82, 2.24) is 0 Å². The van der Waals surface area contributed by atoms with Gasteiger partial charge < -0.3 is 5.32 Å². The Balaban J connectivity index is 2.03. The number of carbonyl (C=O) groups is 1. The summed E-state index contributed by atoms with van der Waals surface area (Å²) in [6, 6.07) is 6.41. The van der Waals surface area contributed by atoms with E-state index in [1.807, 2.05) is 0 Å². The maximum atomic E-state index is 13.3. The lowest BCUT2D eigenvalue weighted by atomic mass is 10.3. The van der Waals surface area contributed by atoms with Crippen LogP contribution < -0.4 is 5.32 Å². The molecule has 0 aliphatic rings. The lowest BCUT2D eigenvalue weighted by Crippen LogP contribution is -2.09. The van der Waals surface area contributed by atoms with Gasteiger partial charge >= 0.3 is 0 Å². The lowest BCUT2D eigenvalue weighted by Gasteiger charge is -2.03. The van der Waals surface area contributed by atoms with E-state index in [0.29, 0.717) is 10.4 Å². The minimum absolute atomic E-state index is 0.0692. The maximum absolute atomic E-state index is 13.3. The third-order valence-corrected chi connectivity index (χ3v) is 3.38. The van der Waals surface area contributed by atoms with Crippen molar-refractivity contribution in [2.45, 2.75) is 0 Å². The normalized spacial score (nSPS) is 10.9. The van der Waals surface area contributed by atoms with Crippen molar-refractivity contribution < 1.29 is 13.6 Å². The first-order chi connectivity index (χ1) is 9.04. The van der Waals surface area contributed by atoms with Crippen molar-refractivity contribution in [3.8, 4) is 0 Å². The second-order valence-electron chi connectivity index (χ2n) is 3.59. The highest BCUT2D eigenvalue weighted by Gasteiger charge is 2.05. The zero-order chi connectivity index (χ0) is 13.8.